The second kappa shape index (κ2) is 13.3. The first kappa shape index (κ1) is 31.3. The molecule has 5 rings (SSSR count). The van der Waals surface area contributed by atoms with Crippen molar-refractivity contribution in [3.63, 3.8) is 0 Å². The Labute approximate surface area is 248 Å². The minimum atomic E-state index is -2.84. The van der Waals surface area contributed by atoms with Crippen LogP contribution in [0.1, 0.15) is 63.0 Å². The molecule has 2 unspecified atom stereocenters. The lowest BCUT2D eigenvalue weighted by molar-refractivity contribution is -0.119. The van der Waals surface area contributed by atoms with Crippen molar-refractivity contribution in [2.45, 2.75) is 88.6 Å². The number of hydrogen-bond acceptors (Lipinski definition) is 7. The number of nitrogens with two attached hydrogens (primary N) is 1. The first-order chi connectivity index (χ1) is 20.0. The molecule has 3 aliphatic heterocycles. The normalized spacial score (nSPS) is 31.4. The van der Waals surface area contributed by atoms with Crippen LogP contribution in [0.25, 0.3) is 0 Å². The lowest BCUT2D eigenvalue weighted by Gasteiger charge is -2.49. The number of piperazine rings is 1. The fourth-order valence-corrected chi connectivity index (χ4v) is 8.93. The third-order valence-corrected chi connectivity index (χ3v) is 11.1. The summed E-state index contributed by atoms with van der Waals surface area (Å²) in [6.07, 6.45) is 4.21. The van der Waals surface area contributed by atoms with E-state index in [1.54, 1.807) is 18.2 Å². The molecule has 0 aliphatic carbocycles. The van der Waals surface area contributed by atoms with Crippen molar-refractivity contribution in [3.05, 3.63) is 65.2 Å². The maximum absolute atomic E-state index is 14.4. The van der Waals surface area contributed by atoms with Crippen LogP contribution in [0.15, 0.2) is 42.5 Å². The van der Waals surface area contributed by atoms with Gasteiger partial charge < -0.3 is 21.1 Å². The summed E-state index contributed by atoms with van der Waals surface area (Å²) in [7, 11) is -2.84. The van der Waals surface area contributed by atoms with E-state index in [9.17, 15) is 22.7 Å². The Hall–Kier alpha value is -2.12. The number of benzene rings is 2. The lowest BCUT2D eigenvalue weighted by Crippen LogP contribution is -2.55. The summed E-state index contributed by atoms with van der Waals surface area (Å²) in [5.74, 6) is -1.25. The molecule has 8 nitrogen and oxygen atoms in total. The molecule has 2 bridgehead atoms. The third-order valence-electron chi connectivity index (χ3n) is 9.06. The Morgan fingerprint density at radius 3 is 2.55 bits per heavy atom. The molecule has 8 atom stereocenters. The zero-order chi connectivity index (χ0) is 30.0. The van der Waals surface area contributed by atoms with E-state index >= 15 is 0 Å². The molecule has 1 amide bonds. The third kappa shape index (κ3) is 7.32. The molecule has 0 aromatic heterocycles. The number of hydrogen-bond donors (Lipinski definition) is 5. The van der Waals surface area contributed by atoms with Crippen LogP contribution in [0, 0.1) is 17.6 Å². The van der Waals surface area contributed by atoms with E-state index in [-0.39, 0.29) is 41.9 Å². The van der Waals surface area contributed by atoms with Gasteiger partial charge in [-0.25, -0.2) is 13.1 Å². The quantitative estimate of drug-likeness (QED) is 0.278. The molecule has 11 heteroatoms. The zero-order valence-electron chi connectivity index (χ0n) is 24.3. The van der Waals surface area contributed by atoms with Crippen LogP contribution in [0.2, 0.25) is 0 Å². The Morgan fingerprint density at radius 2 is 1.83 bits per heavy atom. The van der Waals surface area contributed by atoms with Gasteiger partial charge in [-0.1, -0.05) is 18.2 Å². The predicted octanol–water partition coefficient (Wildman–Crippen LogP) is 5.25. The largest absolute Gasteiger partial charge is 0.376 e. The molecule has 2 aromatic carbocycles. The molecule has 3 aliphatic rings. The van der Waals surface area contributed by atoms with Crippen LogP contribution in [0.4, 0.5) is 14.5 Å². The molecule has 0 spiro atoms. The Balaban J connectivity index is 1.33. The van der Waals surface area contributed by atoms with Gasteiger partial charge in [0.25, 0.3) is 0 Å². The zero-order valence-corrected chi connectivity index (χ0v) is 25.2. The van der Waals surface area contributed by atoms with Crippen molar-refractivity contribution in [3.8, 4) is 0 Å². The Kier molecular flexibility index (Phi) is 9.88. The predicted molar refractivity (Wildman–Crippen MR) is 162 cm³/mol. The van der Waals surface area contributed by atoms with Crippen molar-refractivity contribution >= 4 is 22.4 Å². The highest BCUT2D eigenvalue weighted by Gasteiger charge is 2.39. The van der Waals surface area contributed by atoms with Gasteiger partial charge in [-0.2, -0.15) is 0 Å². The first-order valence-electron chi connectivity index (χ1n) is 15.0. The van der Waals surface area contributed by atoms with Gasteiger partial charge in [0.2, 0.25) is 5.91 Å². The average molecular weight is 607 g/mol. The number of fused-ring (bicyclic) bond motifs is 2. The van der Waals surface area contributed by atoms with Gasteiger partial charge in [-0.15, -0.1) is 10.8 Å². The SMILES string of the molecule is C[C@@H]1CC([C@H](c2ccc(F)cc2)[C@H](N)C(=O)Nc2cc(F)ccc2CC[C@H]2CN[C@@H]3CCCS(O)(O)N2C3)C[C@H](C)O1. The maximum Gasteiger partial charge on any atom is 0.241 e. The molecule has 0 saturated carbocycles. The van der Waals surface area contributed by atoms with Crippen molar-refractivity contribution in [1.82, 2.24) is 9.62 Å². The van der Waals surface area contributed by atoms with E-state index in [1.165, 1.54) is 24.3 Å². The van der Waals surface area contributed by atoms with Crippen molar-refractivity contribution in [1.29, 1.82) is 0 Å². The van der Waals surface area contributed by atoms with Gasteiger partial charge in [0.15, 0.2) is 0 Å². The number of nitrogens with zero attached hydrogens (tertiary/aromatic N) is 1. The monoisotopic (exact) mass is 606 g/mol. The van der Waals surface area contributed by atoms with Gasteiger partial charge in [0.1, 0.15) is 11.6 Å². The van der Waals surface area contributed by atoms with E-state index in [2.05, 4.69) is 10.6 Å². The molecular formula is C31H44F2N4O4S. The molecule has 2 aromatic rings. The highest BCUT2D eigenvalue weighted by Crippen LogP contribution is 2.49. The summed E-state index contributed by atoms with van der Waals surface area (Å²) < 4.78 is 57.6. The van der Waals surface area contributed by atoms with E-state index in [0.717, 1.165) is 24.0 Å². The Morgan fingerprint density at radius 1 is 1.14 bits per heavy atom. The fourth-order valence-electron chi connectivity index (χ4n) is 7.07. The number of amides is 1. The maximum atomic E-state index is 14.4. The van der Waals surface area contributed by atoms with Crippen LogP contribution in [-0.2, 0) is 16.0 Å². The number of carbonyl (C=O) groups excluding carboxylic acids is 1. The van der Waals surface area contributed by atoms with Gasteiger partial charge in [-0.05, 0) is 93.7 Å². The summed E-state index contributed by atoms with van der Waals surface area (Å²) >= 11 is 0. The van der Waals surface area contributed by atoms with Crippen LogP contribution < -0.4 is 16.4 Å². The van der Waals surface area contributed by atoms with Crippen LogP contribution in [-0.4, -0.2) is 68.5 Å². The second-order valence-electron chi connectivity index (χ2n) is 12.3. The molecular weight excluding hydrogens is 562 g/mol. The first-order valence-corrected chi connectivity index (χ1v) is 16.7. The second-order valence-corrected chi connectivity index (χ2v) is 14.4. The summed E-state index contributed by atoms with van der Waals surface area (Å²) in [4.78, 5) is 13.7. The van der Waals surface area contributed by atoms with Crippen molar-refractivity contribution < 1.29 is 27.4 Å². The van der Waals surface area contributed by atoms with Crippen LogP contribution in [0.5, 0.6) is 0 Å². The van der Waals surface area contributed by atoms with Gasteiger partial charge in [0.05, 0.1) is 24.0 Å². The fraction of sp³-hybridized carbons (Fsp3) is 0.581. The number of rotatable bonds is 8. The molecule has 6 N–H and O–H groups in total. The average Bonchev–Trinajstić information content (AvgIpc) is 3.05. The standard InChI is InChI=1S/C31H44F2N4O4S/c1-19-14-23(15-20(2)41-19)29(22-6-9-24(32)10-7-22)30(34)31(38)36-28-16-25(33)11-5-21(28)8-12-27-17-35-26-4-3-13-42(39,40)37(27)18-26/h5-7,9-11,16,19-20,23,26-27,29-30,35,39-40H,3-4,8,12-15,17-18,34H2,1-2H3,(H,36,38)/t19-,20+,23?,26-,27+,29+,30+/m1/s1. The highest BCUT2D eigenvalue weighted by atomic mass is 32.3. The Bertz CT molecular complexity index is 1230. The molecule has 3 saturated heterocycles. The van der Waals surface area contributed by atoms with Crippen molar-refractivity contribution in [2.75, 3.05) is 24.2 Å². The van der Waals surface area contributed by atoms with Crippen LogP contribution in [0.3, 0.4) is 0 Å². The minimum Gasteiger partial charge on any atom is -0.376 e. The molecule has 3 heterocycles. The van der Waals surface area contributed by atoms with Gasteiger partial charge in [0, 0.05) is 36.8 Å². The van der Waals surface area contributed by atoms with E-state index in [1.807, 2.05) is 18.2 Å². The number of aryl methyl sites for hydroxylation is 1. The smallest absolute Gasteiger partial charge is 0.241 e. The molecule has 0 radical (unpaired) electrons. The summed E-state index contributed by atoms with van der Waals surface area (Å²) in [6.45, 7) is 5.22. The molecule has 42 heavy (non-hydrogen) atoms. The summed E-state index contributed by atoms with van der Waals surface area (Å²) in [5, 5.41) is 6.42. The van der Waals surface area contributed by atoms with E-state index in [0.29, 0.717) is 50.2 Å². The molecule has 232 valence electrons. The highest BCUT2D eigenvalue weighted by molar-refractivity contribution is 8.22. The minimum absolute atomic E-state index is 0.000970. The number of halogens is 2. The van der Waals surface area contributed by atoms with Gasteiger partial charge >= 0.3 is 0 Å². The number of anilines is 1. The summed E-state index contributed by atoms with van der Waals surface area (Å²) in [5.41, 5.74) is 8.55. The van der Waals surface area contributed by atoms with E-state index in [4.69, 9.17) is 10.5 Å². The molecule has 3 fully saturated rings. The summed E-state index contributed by atoms with van der Waals surface area (Å²) in [6, 6.07) is 9.65. The van der Waals surface area contributed by atoms with Gasteiger partial charge in [-0.3, -0.25) is 13.9 Å². The number of ether oxygens (including phenoxy) is 1. The van der Waals surface area contributed by atoms with Crippen molar-refractivity contribution in [2.24, 2.45) is 11.7 Å². The van der Waals surface area contributed by atoms with E-state index < -0.39 is 28.5 Å². The number of carbonyl (C=O) groups is 1. The number of nitrogens with one attached hydrogen (secondary N) is 2. The topological polar surface area (TPSA) is 120 Å². The lowest BCUT2D eigenvalue weighted by atomic mass is 9.74. The van der Waals surface area contributed by atoms with Crippen LogP contribution >= 0.6 is 10.8 Å².